The lowest BCUT2D eigenvalue weighted by Crippen LogP contribution is -2.52. The molecule has 1 N–H and O–H groups in total. The first-order chi connectivity index (χ1) is 7.61. The first-order valence-corrected chi connectivity index (χ1v) is 5.28. The van der Waals surface area contributed by atoms with Gasteiger partial charge >= 0.3 is 11.8 Å². The van der Waals surface area contributed by atoms with Gasteiger partial charge in [-0.3, -0.25) is 9.59 Å². The molecule has 0 spiro atoms. The molecule has 0 aliphatic carbocycles. The lowest BCUT2D eigenvalue weighted by atomic mass is 10.0. The third kappa shape index (κ3) is 1.76. The summed E-state index contributed by atoms with van der Waals surface area (Å²) in [5.74, 6) is -1.10. The number of hydrogen-bond acceptors (Lipinski definition) is 2. The molecule has 2 rings (SSSR count). The number of halogens is 1. The van der Waals surface area contributed by atoms with Gasteiger partial charge in [0.25, 0.3) is 0 Å². The van der Waals surface area contributed by atoms with Gasteiger partial charge in [-0.2, -0.15) is 0 Å². The second-order valence-corrected chi connectivity index (χ2v) is 4.07. The Balaban J connectivity index is 2.32. The van der Waals surface area contributed by atoms with Gasteiger partial charge in [0.05, 0.1) is 6.04 Å². The number of carbonyl (C=O) groups is 2. The fraction of sp³-hybridized carbons (Fsp3) is 0.273. The molecular formula is C11H11ClN2O2. The normalized spacial score (nSPS) is 20.9. The van der Waals surface area contributed by atoms with Crippen LogP contribution in [0.2, 0.25) is 5.02 Å². The zero-order chi connectivity index (χ0) is 11.7. The van der Waals surface area contributed by atoms with Gasteiger partial charge in [0, 0.05) is 18.6 Å². The molecule has 1 aliphatic rings. The van der Waals surface area contributed by atoms with E-state index in [-0.39, 0.29) is 6.04 Å². The predicted octanol–water partition coefficient (Wildman–Crippen LogP) is 0.969. The van der Waals surface area contributed by atoms with Crippen molar-refractivity contribution >= 4 is 23.4 Å². The second-order valence-electron chi connectivity index (χ2n) is 3.66. The van der Waals surface area contributed by atoms with Crippen molar-refractivity contribution in [3.8, 4) is 0 Å². The zero-order valence-electron chi connectivity index (χ0n) is 8.74. The minimum atomic E-state index is -0.564. The molecular weight excluding hydrogens is 228 g/mol. The maximum Gasteiger partial charge on any atom is 0.312 e. The standard InChI is InChI=1S/C11H11ClN2O2/c1-14-9(6-13-10(15)11(14)16)7-4-2-3-5-8(7)12/h2-5,9H,6H2,1H3,(H,13,15). The van der Waals surface area contributed by atoms with Crippen molar-refractivity contribution in [3.05, 3.63) is 34.9 Å². The molecule has 1 aromatic rings. The molecule has 16 heavy (non-hydrogen) atoms. The molecule has 0 aromatic heterocycles. The van der Waals surface area contributed by atoms with Crippen LogP contribution >= 0.6 is 11.6 Å². The van der Waals surface area contributed by atoms with Crippen molar-refractivity contribution in [2.75, 3.05) is 13.6 Å². The molecule has 1 heterocycles. The van der Waals surface area contributed by atoms with Crippen LogP contribution in [0.3, 0.4) is 0 Å². The predicted molar refractivity (Wildman–Crippen MR) is 60.0 cm³/mol. The van der Waals surface area contributed by atoms with Crippen LogP contribution in [0.1, 0.15) is 11.6 Å². The number of piperazine rings is 1. The van der Waals surface area contributed by atoms with Crippen molar-refractivity contribution in [3.63, 3.8) is 0 Å². The highest BCUT2D eigenvalue weighted by Crippen LogP contribution is 2.27. The van der Waals surface area contributed by atoms with Crippen LogP contribution in [-0.2, 0) is 9.59 Å². The average molecular weight is 239 g/mol. The Kier molecular flexibility index (Phi) is 2.83. The minimum absolute atomic E-state index is 0.195. The number of likely N-dealkylation sites (N-methyl/N-ethyl adjacent to an activating group) is 1. The maximum absolute atomic E-state index is 11.5. The van der Waals surface area contributed by atoms with Crippen molar-refractivity contribution in [1.29, 1.82) is 0 Å². The van der Waals surface area contributed by atoms with Crippen LogP contribution in [0.25, 0.3) is 0 Å². The van der Waals surface area contributed by atoms with E-state index in [0.717, 1.165) is 5.56 Å². The average Bonchev–Trinajstić information content (AvgIpc) is 2.28. The second kappa shape index (κ2) is 4.14. The van der Waals surface area contributed by atoms with Crippen molar-refractivity contribution in [1.82, 2.24) is 10.2 Å². The van der Waals surface area contributed by atoms with Crippen LogP contribution in [-0.4, -0.2) is 30.3 Å². The molecule has 1 aliphatic heterocycles. The van der Waals surface area contributed by atoms with E-state index in [4.69, 9.17) is 11.6 Å². The van der Waals surface area contributed by atoms with E-state index in [9.17, 15) is 9.59 Å². The largest absolute Gasteiger partial charge is 0.345 e. The molecule has 2 amide bonds. The number of carbonyl (C=O) groups excluding carboxylic acids is 2. The van der Waals surface area contributed by atoms with Crippen molar-refractivity contribution in [2.45, 2.75) is 6.04 Å². The van der Waals surface area contributed by atoms with E-state index in [0.29, 0.717) is 11.6 Å². The Bertz CT molecular complexity index is 447. The summed E-state index contributed by atoms with van der Waals surface area (Å²) in [7, 11) is 1.61. The van der Waals surface area contributed by atoms with E-state index in [1.165, 1.54) is 4.90 Å². The van der Waals surface area contributed by atoms with Gasteiger partial charge in [0.15, 0.2) is 0 Å². The van der Waals surface area contributed by atoms with E-state index in [1.807, 2.05) is 18.2 Å². The maximum atomic E-state index is 11.5. The molecule has 0 radical (unpaired) electrons. The number of nitrogens with one attached hydrogen (secondary N) is 1. The molecule has 0 saturated carbocycles. The summed E-state index contributed by atoms with van der Waals surface area (Å²) in [6.45, 7) is 0.394. The summed E-state index contributed by atoms with van der Waals surface area (Å²) in [5.41, 5.74) is 0.847. The van der Waals surface area contributed by atoms with Gasteiger partial charge in [-0.1, -0.05) is 29.8 Å². The molecule has 4 nitrogen and oxygen atoms in total. The Morgan fingerprint density at radius 2 is 2.06 bits per heavy atom. The lowest BCUT2D eigenvalue weighted by Gasteiger charge is -2.32. The summed E-state index contributed by atoms with van der Waals surface area (Å²) in [4.78, 5) is 24.0. The fourth-order valence-electron chi connectivity index (χ4n) is 1.77. The van der Waals surface area contributed by atoms with Gasteiger partial charge in [-0.15, -0.1) is 0 Å². The van der Waals surface area contributed by atoms with Crippen molar-refractivity contribution in [2.24, 2.45) is 0 Å². The number of nitrogens with zero attached hydrogens (tertiary/aromatic N) is 1. The Morgan fingerprint density at radius 3 is 2.75 bits per heavy atom. The molecule has 1 atom stereocenters. The minimum Gasteiger partial charge on any atom is -0.345 e. The van der Waals surface area contributed by atoms with E-state index >= 15 is 0 Å². The summed E-state index contributed by atoms with van der Waals surface area (Å²) >= 11 is 6.06. The molecule has 1 aromatic carbocycles. The summed E-state index contributed by atoms with van der Waals surface area (Å²) in [6, 6.07) is 7.11. The lowest BCUT2D eigenvalue weighted by molar-refractivity contribution is -0.149. The molecule has 1 fully saturated rings. The number of hydrogen-bond donors (Lipinski definition) is 1. The molecule has 1 saturated heterocycles. The molecule has 5 heteroatoms. The first-order valence-electron chi connectivity index (χ1n) is 4.90. The number of benzene rings is 1. The van der Waals surface area contributed by atoms with E-state index in [2.05, 4.69) is 5.32 Å². The van der Waals surface area contributed by atoms with Gasteiger partial charge in [0.1, 0.15) is 0 Å². The highest BCUT2D eigenvalue weighted by atomic mass is 35.5. The Hall–Kier alpha value is -1.55. The highest BCUT2D eigenvalue weighted by molar-refractivity contribution is 6.35. The molecule has 84 valence electrons. The summed E-state index contributed by atoms with van der Waals surface area (Å²) in [5, 5.41) is 3.15. The smallest absolute Gasteiger partial charge is 0.312 e. The summed E-state index contributed by atoms with van der Waals surface area (Å²) < 4.78 is 0. The van der Waals surface area contributed by atoms with Crippen molar-refractivity contribution < 1.29 is 9.59 Å². The van der Waals surface area contributed by atoms with Crippen LogP contribution in [0, 0.1) is 0 Å². The fourth-order valence-corrected chi connectivity index (χ4v) is 2.03. The van der Waals surface area contributed by atoms with Gasteiger partial charge in [-0.05, 0) is 11.6 Å². The van der Waals surface area contributed by atoms with Crippen LogP contribution in [0.5, 0.6) is 0 Å². The third-order valence-corrected chi connectivity index (χ3v) is 3.05. The monoisotopic (exact) mass is 238 g/mol. The molecule has 1 unspecified atom stereocenters. The number of rotatable bonds is 1. The quantitative estimate of drug-likeness (QED) is 0.742. The van der Waals surface area contributed by atoms with E-state index in [1.54, 1.807) is 13.1 Å². The van der Waals surface area contributed by atoms with Crippen LogP contribution in [0.15, 0.2) is 24.3 Å². The van der Waals surface area contributed by atoms with Crippen LogP contribution < -0.4 is 5.32 Å². The van der Waals surface area contributed by atoms with Gasteiger partial charge in [0.2, 0.25) is 0 Å². The first kappa shape index (κ1) is 11.0. The SMILES string of the molecule is CN1C(=O)C(=O)NCC1c1ccccc1Cl. The topological polar surface area (TPSA) is 49.4 Å². The summed E-state index contributed by atoms with van der Waals surface area (Å²) in [6.07, 6.45) is 0. The zero-order valence-corrected chi connectivity index (χ0v) is 9.49. The Morgan fingerprint density at radius 1 is 1.38 bits per heavy atom. The Labute approximate surface area is 98.2 Å². The third-order valence-electron chi connectivity index (χ3n) is 2.70. The van der Waals surface area contributed by atoms with Gasteiger partial charge in [-0.25, -0.2) is 0 Å². The van der Waals surface area contributed by atoms with Crippen LogP contribution in [0.4, 0.5) is 0 Å². The molecule has 0 bridgehead atoms. The number of amides is 2. The van der Waals surface area contributed by atoms with Gasteiger partial charge < -0.3 is 10.2 Å². The highest BCUT2D eigenvalue weighted by Gasteiger charge is 2.32. The van der Waals surface area contributed by atoms with E-state index < -0.39 is 11.8 Å².